The predicted octanol–water partition coefficient (Wildman–Crippen LogP) is 9.56. The Morgan fingerprint density at radius 1 is 0.750 bits per heavy atom. The summed E-state index contributed by atoms with van der Waals surface area (Å²) in [6.07, 6.45) is 27.9. The third kappa shape index (κ3) is 6.28. The number of fused-ring (bicyclic) bond motifs is 1. The molecule has 0 saturated heterocycles. The molecule has 1 heterocycles. The molecule has 0 unspecified atom stereocenters. The predicted molar refractivity (Wildman–Crippen MR) is 158 cm³/mol. The normalized spacial score (nSPS) is 19.6. The van der Waals surface area contributed by atoms with Crippen molar-refractivity contribution in [3.05, 3.63) is 35.7 Å². The molecule has 1 aromatic heterocycles. The molecule has 5 rings (SSSR count). The van der Waals surface area contributed by atoms with Crippen LogP contribution in [-0.4, -0.2) is 20.9 Å². The third-order valence-corrected chi connectivity index (χ3v) is 12.9. The highest BCUT2D eigenvalue weighted by molar-refractivity contribution is 7.67. The van der Waals surface area contributed by atoms with Crippen LogP contribution >= 0.6 is 7.92 Å². The summed E-state index contributed by atoms with van der Waals surface area (Å²) in [5.74, 6) is 1.34. The lowest BCUT2D eigenvalue weighted by Crippen LogP contribution is -2.27. The van der Waals surface area contributed by atoms with Gasteiger partial charge in [-0.3, -0.25) is 0 Å². The summed E-state index contributed by atoms with van der Waals surface area (Å²) < 4.78 is 2.71. The van der Waals surface area contributed by atoms with Gasteiger partial charge in [-0.25, -0.2) is 4.98 Å². The molecule has 3 heteroatoms. The number of rotatable bonds is 11. The Morgan fingerprint density at radius 3 is 2.11 bits per heavy atom. The fourth-order valence-electron chi connectivity index (χ4n) is 7.40. The number of aryl methyl sites for hydroxylation is 1. The van der Waals surface area contributed by atoms with Crippen molar-refractivity contribution >= 4 is 13.2 Å². The number of hydrogen-bond acceptors (Lipinski definition) is 1. The molecule has 2 fully saturated rings. The van der Waals surface area contributed by atoms with Crippen LogP contribution in [0.1, 0.15) is 134 Å². The quantitative estimate of drug-likeness (QED) is 0.219. The van der Waals surface area contributed by atoms with Crippen LogP contribution in [0.3, 0.4) is 0 Å². The van der Waals surface area contributed by atoms with Gasteiger partial charge in [0, 0.05) is 17.8 Å². The van der Waals surface area contributed by atoms with Crippen molar-refractivity contribution in [2.75, 3.05) is 0 Å². The Labute approximate surface area is 222 Å². The molecular formula is C33H51N2P. The highest BCUT2D eigenvalue weighted by Crippen LogP contribution is 2.56. The van der Waals surface area contributed by atoms with Gasteiger partial charge in [-0.1, -0.05) is 110 Å². The summed E-state index contributed by atoms with van der Waals surface area (Å²) in [5, 5.41) is 1.72. The number of nitrogens with zero attached hydrogens (tertiary/aromatic N) is 2. The molecule has 2 saturated carbocycles. The van der Waals surface area contributed by atoms with E-state index in [1.165, 1.54) is 152 Å². The number of benzene rings is 1. The third-order valence-electron chi connectivity index (χ3n) is 9.33. The zero-order chi connectivity index (χ0) is 24.6. The summed E-state index contributed by atoms with van der Waals surface area (Å²) in [4.78, 5) is 5.46. The van der Waals surface area contributed by atoms with Crippen molar-refractivity contribution in [3.63, 3.8) is 0 Å². The molecule has 36 heavy (non-hydrogen) atoms. The summed E-state index contributed by atoms with van der Waals surface area (Å²) in [6.45, 7) is 3.49. The van der Waals surface area contributed by atoms with Crippen LogP contribution in [0.15, 0.2) is 24.3 Å². The largest absolute Gasteiger partial charge is 0.328 e. The minimum absolute atomic E-state index is 0.118. The van der Waals surface area contributed by atoms with Crippen LogP contribution in [0.4, 0.5) is 0 Å². The lowest BCUT2D eigenvalue weighted by molar-refractivity contribution is 0.487. The van der Waals surface area contributed by atoms with Gasteiger partial charge in [0.2, 0.25) is 0 Å². The first-order valence-corrected chi connectivity index (χ1v) is 17.3. The average Bonchev–Trinajstić information content (AvgIpc) is 3.31. The van der Waals surface area contributed by atoms with Gasteiger partial charge in [-0.05, 0) is 74.4 Å². The highest BCUT2D eigenvalue weighted by Gasteiger charge is 2.34. The van der Waals surface area contributed by atoms with Crippen molar-refractivity contribution in [1.29, 1.82) is 0 Å². The molecule has 1 aromatic carbocycles. The van der Waals surface area contributed by atoms with Crippen LogP contribution in [0.25, 0.3) is 11.4 Å². The molecule has 3 aliphatic carbocycles. The summed E-state index contributed by atoms with van der Waals surface area (Å²) in [6, 6.07) is 9.66. The van der Waals surface area contributed by atoms with E-state index in [1.807, 2.05) is 0 Å². The Kier molecular flexibility index (Phi) is 9.99. The van der Waals surface area contributed by atoms with Crippen molar-refractivity contribution in [2.24, 2.45) is 0 Å². The van der Waals surface area contributed by atoms with E-state index < -0.39 is 0 Å². The van der Waals surface area contributed by atoms with E-state index in [1.54, 1.807) is 11.0 Å². The highest BCUT2D eigenvalue weighted by atomic mass is 31.1. The topological polar surface area (TPSA) is 17.8 Å². The molecular weight excluding hydrogens is 455 g/mol. The zero-order valence-corrected chi connectivity index (χ0v) is 24.0. The van der Waals surface area contributed by atoms with Gasteiger partial charge in [0.05, 0.1) is 5.69 Å². The van der Waals surface area contributed by atoms with Gasteiger partial charge in [-0.2, -0.15) is 0 Å². The Morgan fingerprint density at radius 2 is 1.39 bits per heavy atom. The second-order valence-electron chi connectivity index (χ2n) is 12.0. The van der Waals surface area contributed by atoms with Crippen molar-refractivity contribution < 1.29 is 0 Å². The van der Waals surface area contributed by atoms with E-state index in [4.69, 9.17) is 4.98 Å². The van der Waals surface area contributed by atoms with E-state index in [0.717, 1.165) is 11.3 Å². The molecule has 0 amide bonds. The first-order chi connectivity index (χ1) is 17.9. The second kappa shape index (κ2) is 13.6. The van der Waals surface area contributed by atoms with Crippen LogP contribution in [-0.2, 0) is 19.4 Å². The smallest absolute Gasteiger partial charge is 0.141 e. The lowest BCUT2D eigenvalue weighted by Gasteiger charge is -2.39. The van der Waals surface area contributed by atoms with Gasteiger partial charge in [0.25, 0.3) is 0 Å². The number of aromatic nitrogens is 2. The van der Waals surface area contributed by atoms with Crippen LogP contribution in [0.5, 0.6) is 0 Å². The molecule has 198 valence electrons. The van der Waals surface area contributed by atoms with Gasteiger partial charge in [0.15, 0.2) is 0 Å². The molecule has 0 N–H and O–H groups in total. The summed E-state index contributed by atoms with van der Waals surface area (Å²) >= 11 is 0. The Hall–Kier alpha value is -1.14. The maximum absolute atomic E-state index is 5.46. The molecule has 2 aromatic rings. The summed E-state index contributed by atoms with van der Waals surface area (Å²) in [7, 11) is -0.118. The van der Waals surface area contributed by atoms with Gasteiger partial charge in [-0.15, -0.1) is 0 Å². The molecule has 3 aliphatic rings. The standard InChI is InChI=1S/C33H51N2P/c1-2-3-4-5-6-17-26-35-31-24-15-14-23-30(31)34-33(35)29-22-13-16-25-32(29)36(27-18-9-7-10-19-27)28-20-11-8-12-21-28/h13,16,22,25,27-28H,2-12,14-15,17-21,23-24,26H2,1H3. The first kappa shape index (κ1) is 26.5. The molecule has 0 aliphatic heterocycles. The van der Waals surface area contributed by atoms with Crippen LogP contribution < -0.4 is 5.30 Å². The Balaban J connectivity index is 1.47. The number of unbranched alkanes of at least 4 members (excludes halogenated alkanes) is 5. The van der Waals surface area contributed by atoms with Crippen molar-refractivity contribution in [1.82, 2.24) is 9.55 Å². The van der Waals surface area contributed by atoms with Crippen molar-refractivity contribution in [2.45, 2.75) is 153 Å². The Bertz CT molecular complexity index is 917. The van der Waals surface area contributed by atoms with Crippen LogP contribution in [0.2, 0.25) is 0 Å². The van der Waals surface area contributed by atoms with E-state index in [9.17, 15) is 0 Å². The molecule has 2 nitrogen and oxygen atoms in total. The fraction of sp³-hybridized carbons (Fsp3) is 0.727. The zero-order valence-electron chi connectivity index (χ0n) is 23.2. The minimum atomic E-state index is -0.118. The van der Waals surface area contributed by atoms with E-state index in [-0.39, 0.29) is 7.92 Å². The van der Waals surface area contributed by atoms with Crippen molar-refractivity contribution in [3.8, 4) is 11.4 Å². The monoisotopic (exact) mass is 506 g/mol. The molecule has 0 radical (unpaired) electrons. The van der Waals surface area contributed by atoms with Crippen LogP contribution in [0, 0.1) is 0 Å². The van der Waals surface area contributed by atoms with E-state index in [2.05, 4.69) is 35.8 Å². The SMILES string of the molecule is CCCCCCCCn1c(-c2ccccc2P(C2CCCCC2)C2CCCCC2)nc2c1CCCC2. The van der Waals surface area contributed by atoms with E-state index >= 15 is 0 Å². The van der Waals surface area contributed by atoms with E-state index in [0.29, 0.717) is 0 Å². The maximum Gasteiger partial charge on any atom is 0.141 e. The fourth-order valence-corrected chi connectivity index (χ4v) is 11.3. The molecule has 0 spiro atoms. The maximum atomic E-state index is 5.46. The summed E-state index contributed by atoms with van der Waals surface area (Å²) in [5.41, 5.74) is 6.40. The molecule has 0 bridgehead atoms. The first-order valence-electron chi connectivity index (χ1n) is 15.8. The van der Waals surface area contributed by atoms with Gasteiger partial charge >= 0.3 is 0 Å². The number of imidazole rings is 1. The minimum Gasteiger partial charge on any atom is -0.328 e. The molecule has 0 atom stereocenters. The lowest BCUT2D eigenvalue weighted by atomic mass is 9.99. The average molecular weight is 507 g/mol. The van der Waals surface area contributed by atoms with Gasteiger partial charge in [0.1, 0.15) is 5.82 Å². The van der Waals surface area contributed by atoms with Gasteiger partial charge < -0.3 is 4.57 Å². The second-order valence-corrected chi connectivity index (χ2v) is 14.7. The number of hydrogen-bond donors (Lipinski definition) is 0.